The Morgan fingerprint density at radius 2 is 2.17 bits per heavy atom. The zero-order chi connectivity index (χ0) is 17.7. The average Bonchev–Trinajstić information content (AvgIpc) is 2.92. The molecule has 1 aromatic carbocycles. The van der Waals surface area contributed by atoms with Gasteiger partial charge in [0.05, 0.1) is 12.1 Å². The molecule has 1 aliphatic carbocycles. The first-order chi connectivity index (χ1) is 11.3. The third kappa shape index (κ3) is 4.48. The van der Waals surface area contributed by atoms with E-state index in [4.69, 9.17) is 9.47 Å². The van der Waals surface area contributed by atoms with Gasteiger partial charge < -0.3 is 19.6 Å². The lowest BCUT2D eigenvalue weighted by atomic mass is 10.0. The van der Waals surface area contributed by atoms with Gasteiger partial charge >= 0.3 is 6.09 Å². The van der Waals surface area contributed by atoms with Crippen molar-refractivity contribution >= 4 is 12.4 Å². The maximum absolute atomic E-state index is 11.5. The average molecular weight is 330 g/mol. The number of hydrogen-bond donors (Lipinski definition) is 1. The number of aldehydes is 1. The number of hydrogen-bond acceptors (Lipinski definition) is 5. The van der Waals surface area contributed by atoms with E-state index in [1.54, 1.807) is 26.8 Å². The predicted molar refractivity (Wildman–Crippen MR) is 87.9 cm³/mol. The molecule has 6 nitrogen and oxygen atoms in total. The van der Waals surface area contributed by atoms with Crippen LogP contribution in [0.1, 0.15) is 37.5 Å². The molecule has 0 heterocycles. The summed E-state index contributed by atoms with van der Waals surface area (Å²) in [5.41, 5.74) is 1.86. The molecule has 24 heavy (non-hydrogen) atoms. The highest BCUT2D eigenvalue weighted by Gasteiger charge is 2.25. The highest BCUT2D eigenvalue weighted by Crippen LogP contribution is 2.33. The fraction of sp³-hybridized carbons (Fsp3) is 0.500. The second-order valence-electron chi connectivity index (χ2n) is 6.77. The number of alkyl carbamates (subject to hydrolysis) is 1. The van der Waals surface area contributed by atoms with Crippen LogP contribution in [0.15, 0.2) is 12.1 Å². The van der Waals surface area contributed by atoms with E-state index in [2.05, 4.69) is 11.4 Å². The van der Waals surface area contributed by atoms with Gasteiger partial charge in [-0.2, -0.15) is 5.26 Å². The molecule has 0 aliphatic heterocycles. The lowest BCUT2D eigenvalue weighted by Crippen LogP contribution is -2.34. The van der Waals surface area contributed by atoms with E-state index < -0.39 is 11.7 Å². The lowest BCUT2D eigenvalue weighted by Gasteiger charge is -2.19. The van der Waals surface area contributed by atoms with Gasteiger partial charge in [0.2, 0.25) is 0 Å². The van der Waals surface area contributed by atoms with Crippen LogP contribution in [-0.2, 0) is 22.4 Å². The number of carbonyl (C=O) groups excluding carboxylic acids is 2. The summed E-state index contributed by atoms with van der Waals surface area (Å²) in [4.78, 5) is 22.5. The molecular weight excluding hydrogens is 308 g/mol. The molecular formula is C18H22N2O4. The molecule has 6 heteroatoms. The van der Waals surface area contributed by atoms with Crippen LogP contribution >= 0.6 is 0 Å². The summed E-state index contributed by atoms with van der Waals surface area (Å²) in [6, 6.07) is 5.82. The van der Waals surface area contributed by atoms with E-state index in [9.17, 15) is 14.9 Å². The second kappa shape index (κ2) is 7.35. The van der Waals surface area contributed by atoms with Crippen molar-refractivity contribution < 1.29 is 19.1 Å². The smallest absolute Gasteiger partial charge is 0.407 e. The summed E-state index contributed by atoms with van der Waals surface area (Å²) in [7, 11) is 0. The minimum atomic E-state index is -0.548. The van der Waals surface area contributed by atoms with Gasteiger partial charge in [0.15, 0.2) is 0 Å². The van der Waals surface area contributed by atoms with Crippen LogP contribution in [-0.4, -0.2) is 31.1 Å². The molecule has 0 spiro atoms. The Morgan fingerprint density at radius 3 is 2.79 bits per heavy atom. The van der Waals surface area contributed by atoms with Gasteiger partial charge in [0, 0.05) is 5.92 Å². The van der Waals surface area contributed by atoms with E-state index in [1.165, 1.54) is 0 Å². The van der Waals surface area contributed by atoms with Gasteiger partial charge in [0.25, 0.3) is 0 Å². The van der Waals surface area contributed by atoms with Gasteiger partial charge in [-0.3, -0.25) is 0 Å². The number of nitrogens with zero attached hydrogens (tertiary/aromatic N) is 1. The monoisotopic (exact) mass is 330 g/mol. The van der Waals surface area contributed by atoms with Crippen molar-refractivity contribution in [3.8, 4) is 11.8 Å². The van der Waals surface area contributed by atoms with Crippen molar-refractivity contribution in [3.05, 3.63) is 28.8 Å². The molecule has 0 aromatic heterocycles. The standard InChI is InChI=1S/C18H22N2O4/c1-18(2,3)24-17(22)20-6-7-23-16-5-4-13-8-12(11-21)9-14(13)15(16)10-19/h4-5,11-12H,6-9H2,1-3H3,(H,20,22). The number of fused-ring (bicyclic) bond motifs is 1. The summed E-state index contributed by atoms with van der Waals surface area (Å²) in [5, 5.41) is 12.0. The van der Waals surface area contributed by atoms with E-state index in [0.717, 1.165) is 17.4 Å². The molecule has 2 rings (SSSR count). The van der Waals surface area contributed by atoms with E-state index in [1.807, 2.05) is 6.07 Å². The van der Waals surface area contributed by atoms with Crippen LogP contribution in [0, 0.1) is 17.2 Å². The van der Waals surface area contributed by atoms with E-state index in [0.29, 0.717) is 24.2 Å². The molecule has 0 saturated carbocycles. The zero-order valence-electron chi connectivity index (χ0n) is 14.2. The van der Waals surface area contributed by atoms with Crippen LogP contribution in [0.3, 0.4) is 0 Å². The maximum atomic E-state index is 11.5. The van der Waals surface area contributed by atoms with Gasteiger partial charge in [-0.1, -0.05) is 6.07 Å². The Morgan fingerprint density at radius 1 is 1.42 bits per heavy atom. The Hall–Kier alpha value is -2.55. The maximum Gasteiger partial charge on any atom is 0.407 e. The van der Waals surface area contributed by atoms with E-state index in [-0.39, 0.29) is 19.1 Å². The number of nitrogens with one attached hydrogen (secondary N) is 1. The molecule has 1 N–H and O–H groups in total. The highest BCUT2D eigenvalue weighted by atomic mass is 16.6. The first kappa shape index (κ1) is 17.8. The number of benzene rings is 1. The Kier molecular flexibility index (Phi) is 5.45. The number of rotatable bonds is 5. The zero-order valence-corrected chi connectivity index (χ0v) is 14.2. The van der Waals surface area contributed by atoms with Crippen molar-refractivity contribution in [3.63, 3.8) is 0 Å². The van der Waals surface area contributed by atoms with Crippen LogP contribution in [0.4, 0.5) is 4.79 Å². The molecule has 0 bridgehead atoms. The largest absolute Gasteiger partial charge is 0.490 e. The topological polar surface area (TPSA) is 88.4 Å². The fourth-order valence-corrected chi connectivity index (χ4v) is 2.68. The summed E-state index contributed by atoms with van der Waals surface area (Å²) >= 11 is 0. The molecule has 1 aromatic rings. The normalized spacial score (nSPS) is 16.0. The molecule has 0 radical (unpaired) electrons. The van der Waals surface area contributed by atoms with Gasteiger partial charge in [-0.15, -0.1) is 0 Å². The number of amides is 1. The second-order valence-corrected chi connectivity index (χ2v) is 6.77. The molecule has 1 unspecified atom stereocenters. The van der Waals surface area contributed by atoms with Crippen molar-refractivity contribution in [1.29, 1.82) is 5.26 Å². The van der Waals surface area contributed by atoms with Crippen LogP contribution in [0.5, 0.6) is 5.75 Å². The molecule has 0 fully saturated rings. The Balaban J connectivity index is 1.92. The molecule has 1 aliphatic rings. The van der Waals surface area contributed by atoms with Crippen molar-refractivity contribution in [2.45, 2.75) is 39.2 Å². The first-order valence-corrected chi connectivity index (χ1v) is 7.94. The highest BCUT2D eigenvalue weighted by molar-refractivity contribution is 5.67. The Labute approximate surface area is 141 Å². The van der Waals surface area contributed by atoms with Crippen molar-refractivity contribution in [2.75, 3.05) is 13.2 Å². The minimum absolute atomic E-state index is 0.0591. The number of ether oxygens (including phenoxy) is 2. The number of nitriles is 1. The fourth-order valence-electron chi connectivity index (χ4n) is 2.68. The first-order valence-electron chi connectivity index (χ1n) is 7.94. The SMILES string of the molecule is CC(C)(C)OC(=O)NCCOc1ccc2c(c1C#N)CC(C=O)C2. The molecule has 128 valence electrons. The van der Waals surface area contributed by atoms with Crippen molar-refractivity contribution in [1.82, 2.24) is 5.32 Å². The van der Waals surface area contributed by atoms with Crippen LogP contribution in [0.2, 0.25) is 0 Å². The van der Waals surface area contributed by atoms with Crippen LogP contribution in [0.25, 0.3) is 0 Å². The van der Waals surface area contributed by atoms with Crippen LogP contribution < -0.4 is 10.1 Å². The van der Waals surface area contributed by atoms with Gasteiger partial charge in [-0.05, 0) is 50.8 Å². The van der Waals surface area contributed by atoms with Crippen molar-refractivity contribution in [2.24, 2.45) is 5.92 Å². The third-order valence-corrected chi connectivity index (χ3v) is 3.65. The summed E-state index contributed by atoms with van der Waals surface area (Å²) in [5.74, 6) is 0.421. The minimum Gasteiger partial charge on any atom is -0.490 e. The molecule has 1 amide bonds. The molecule has 0 saturated heterocycles. The predicted octanol–water partition coefficient (Wildman–Crippen LogP) is 2.38. The van der Waals surface area contributed by atoms with Gasteiger partial charge in [0.1, 0.15) is 30.3 Å². The third-order valence-electron chi connectivity index (χ3n) is 3.65. The summed E-state index contributed by atoms with van der Waals surface area (Å²) in [6.07, 6.45) is 1.68. The molecule has 1 atom stereocenters. The van der Waals surface area contributed by atoms with E-state index >= 15 is 0 Å². The quantitative estimate of drug-likeness (QED) is 0.661. The van der Waals surface area contributed by atoms with Gasteiger partial charge in [-0.25, -0.2) is 4.79 Å². The number of carbonyl (C=O) groups is 2. The Bertz CT molecular complexity index is 671. The summed E-state index contributed by atoms with van der Waals surface area (Å²) < 4.78 is 10.8. The summed E-state index contributed by atoms with van der Waals surface area (Å²) in [6.45, 7) is 5.87. The lowest BCUT2D eigenvalue weighted by molar-refractivity contribution is -0.110.